The lowest BCUT2D eigenvalue weighted by molar-refractivity contribution is -0.118. The number of aromatic nitrogens is 2. The molecule has 0 aliphatic carbocycles. The summed E-state index contributed by atoms with van der Waals surface area (Å²) in [5.41, 5.74) is -0.345. The third-order valence-corrected chi connectivity index (χ3v) is 3.59. The van der Waals surface area contributed by atoms with Gasteiger partial charge in [-0.05, 0) is 27.7 Å². The van der Waals surface area contributed by atoms with Gasteiger partial charge < -0.3 is 19.3 Å². The van der Waals surface area contributed by atoms with Gasteiger partial charge in [-0.15, -0.1) is 0 Å². The molecule has 1 saturated heterocycles. The van der Waals surface area contributed by atoms with Crippen LogP contribution in [0.25, 0.3) is 0 Å². The first-order valence-corrected chi connectivity index (χ1v) is 7.75. The summed E-state index contributed by atoms with van der Waals surface area (Å²) in [6, 6.07) is 0. The second-order valence-corrected chi connectivity index (χ2v) is 6.48. The Morgan fingerprint density at radius 1 is 1.29 bits per heavy atom. The van der Waals surface area contributed by atoms with Crippen LogP contribution in [0.5, 0.6) is 0 Å². The van der Waals surface area contributed by atoms with Crippen molar-refractivity contribution in [2.75, 3.05) is 26.4 Å². The van der Waals surface area contributed by atoms with Crippen LogP contribution in [0.15, 0.2) is 4.52 Å². The monoisotopic (exact) mass is 297 g/mol. The van der Waals surface area contributed by atoms with Crippen molar-refractivity contribution in [2.24, 2.45) is 0 Å². The number of ether oxygens (including phenoxy) is 2. The number of nitrogens with one attached hydrogen (secondary N) is 1. The van der Waals surface area contributed by atoms with Crippen LogP contribution in [-0.4, -0.2) is 42.0 Å². The van der Waals surface area contributed by atoms with E-state index in [1.807, 2.05) is 6.92 Å². The topological polar surface area (TPSA) is 69.4 Å². The summed E-state index contributed by atoms with van der Waals surface area (Å²) >= 11 is 0. The second-order valence-electron chi connectivity index (χ2n) is 6.48. The highest BCUT2D eigenvalue weighted by Gasteiger charge is 2.39. The summed E-state index contributed by atoms with van der Waals surface area (Å²) < 4.78 is 16.8. The van der Waals surface area contributed by atoms with Crippen LogP contribution in [-0.2, 0) is 21.5 Å². The Labute approximate surface area is 126 Å². The summed E-state index contributed by atoms with van der Waals surface area (Å²) in [7, 11) is 0. The quantitative estimate of drug-likeness (QED) is 0.866. The highest BCUT2D eigenvalue weighted by Crippen LogP contribution is 2.34. The molecule has 1 fully saturated rings. The Bertz CT molecular complexity index is 428. The molecule has 0 spiro atoms. The van der Waals surface area contributed by atoms with Gasteiger partial charge in [0.15, 0.2) is 0 Å². The zero-order chi connectivity index (χ0) is 15.3. The molecule has 2 heterocycles. The van der Waals surface area contributed by atoms with Gasteiger partial charge in [0.05, 0.1) is 0 Å². The Hall–Kier alpha value is -0.980. The molecule has 6 nitrogen and oxygen atoms in total. The van der Waals surface area contributed by atoms with Gasteiger partial charge in [-0.25, -0.2) is 0 Å². The smallest absolute Gasteiger partial charge is 0.228 e. The van der Waals surface area contributed by atoms with Crippen molar-refractivity contribution in [3.8, 4) is 0 Å². The van der Waals surface area contributed by atoms with Crippen molar-refractivity contribution in [3.05, 3.63) is 11.7 Å². The summed E-state index contributed by atoms with van der Waals surface area (Å²) in [5, 5.41) is 7.57. The Kier molecular flexibility index (Phi) is 5.35. The van der Waals surface area contributed by atoms with E-state index in [0.717, 1.165) is 25.8 Å². The summed E-state index contributed by atoms with van der Waals surface area (Å²) in [6.07, 6.45) is 2.28. The van der Waals surface area contributed by atoms with E-state index in [9.17, 15) is 0 Å². The number of nitrogens with zero attached hydrogens (tertiary/aromatic N) is 2. The maximum atomic E-state index is 5.95. The van der Waals surface area contributed by atoms with Crippen molar-refractivity contribution >= 4 is 0 Å². The zero-order valence-electron chi connectivity index (χ0n) is 13.6. The van der Waals surface area contributed by atoms with Gasteiger partial charge in [-0.2, -0.15) is 4.98 Å². The first-order valence-electron chi connectivity index (χ1n) is 7.75. The molecule has 0 radical (unpaired) electrons. The molecule has 6 heteroatoms. The van der Waals surface area contributed by atoms with Gasteiger partial charge >= 0.3 is 0 Å². The summed E-state index contributed by atoms with van der Waals surface area (Å²) in [5.74, 6) is 1.32. The normalized spacial score (nSPS) is 18.9. The van der Waals surface area contributed by atoms with Gasteiger partial charge in [-0.3, -0.25) is 0 Å². The van der Waals surface area contributed by atoms with Crippen molar-refractivity contribution in [3.63, 3.8) is 0 Å². The molecule has 1 aromatic rings. The molecule has 1 aliphatic rings. The molecule has 0 bridgehead atoms. The molecule has 1 aliphatic heterocycles. The fourth-order valence-electron chi connectivity index (χ4n) is 2.50. The first-order chi connectivity index (χ1) is 9.95. The fourth-order valence-corrected chi connectivity index (χ4v) is 2.50. The Balaban J connectivity index is 1.99. The predicted octanol–water partition coefficient (Wildman–Crippen LogP) is 2.04. The van der Waals surface area contributed by atoms with Crippen LogP contribution in [0.2, 0.25) is 0 Å². The molecule has 0 saturated carbocycles. The lowest BCUT2D eigenvalue weighted by atomic mass is 9.93. The van der Waals surface area contributed by atoms with E-state index in [-0.39, 0.29) is 5.54 Å². The van der Waals surface area contributed by atoms with Crippen LogP contribution in [0.4, 0.5) is 0 Å². The SMILES string of the molecule is CCOC1(c2noc(CCNC(C)(C)C)n2)CCOCC1. The number of hydrogen-bond donors (Lipinski definition) is 1. The fraction of sp³-hybridized carbons (Fsp3) is 0.867. The van der Waals surface area contributed by atoms with Crippen molar-refractivity contribution < 1.29 is 14.0 Å². The van der Waals surface area contributed by atoms with Crippen LogP contribution in [0.3, 0.4) is 0 Å². The van der Waals surface area contributed by atoms with Crippen molar-refractivity contribution in [2.45, 2.75) is 58.1 Å². The molecule has 1 N–H and O–H groups in total. The second kappa shape index (κ2) is 6.85. The minimum atomic E-state index is -0.438. The van der Waals surface area contributed by atoms with Gasteiger partial charge in [0.25, 0.3) is 0 Å². The minimum absolute atomic E-state index is 0.0934. The van der Waals surface area contributed by atoms with Crippen LogP contribution in [0, 0.1) is 0 Å². The highest BCUT2D eigenvalue weighted by molar-refractivity contribution is 5.03. The maximum Gasteiger partial charge on any atom is 0.228 e. The number of hydrogen-bond acceptors (Lipinski definition) is 6. The van der Waals surface area contributed by atoms with Gasteiger partial charge in [0.2, 0.25) is 11.7 Å². The van der Waals surface area contributed by atoms with E-state index in [4.69, 9.17) is 14.0 Å². The van der Waals surface area contributed by atoms with Gasteiger partial charge in [0.1, 0.15) is 5.60 Å². The van der Waals surface area contributed by atoms with E-state index >= 15 is 0 Å². The minimum Gasteiger partial charge on any atom is -0.381 e. The van der Waals surface area contributed by atoms with E-state index in [1.54, 1.807) is 0 Å². The molecule has 2 rings (SSSR count). The molecule has 1 aromatic heterocycles. The van der Waals surface area contributed by atoms with Crippen molar-refractivity contribution in [1.82, 2.24) is 15.5 Å². The van der Waals surface area contributed by atoms with Crippen LogP contribution < -0.4 is 5.32 Å². The summed E-state index contributed by atoms with van der Waals surface area (Å²) in [4.78, 5) is 4.55. The molecule has 120 valence electrons. The third-order valence-electron chi connectivity index (χ3n) is 3.59. The highest BCUT2D eigenvalue weighted by atomic mass is 16.5. The average molecular weight is 297 g/mol. The standard InChI is InChI=1S/C15H27N3O3/c1-5-20-15(7-10-19-11-8-15)13-17-12(21-18-13)6-9-16-14(2,3)4/h16H,5-11H2,1-4H3. The molecular weight excluding hydrogens is 270 g/mol. The van der Waals surface area contributed by atoms with E-state index < -0.39 is 5.60 Å². The largest absolute Gasteiger partial charge is 0.381 e. The molecule has 0 atom stereocenters. The van der Waals surface area contributed by atoms with Crippen LogP contribution in [0.1, 0.15) is 52.3 Å². The summed E-state index contributed by atoms with van der Waals surface area (Å²) in [6.45, 7) is 11.2. The Morgan fingerprint density at radius 2 is 2.00 bits per heavy atom. The molecule has 21 heavy (non-hydrogen) atoms. The van der Waals surface area contributed by atoms with E-state index in [1.165, 1.54) is 0 Å². The van der Waals surface area contributed by atoms with E-state index in [2.05, 4.69) is 36.2 Å². The third kappa shape index (κ3) is 4.49. The molecule has 0 aromatic carbocycles. The molecule has 0 unspecified atom stereocenters. The lowest BCUT2D eigenvalue weighted by Gasteiger charge is -2.33. The maximum absolute atomic E-state index is 5.95. The predicted molar refractivity (Wildman–Crippen MR) is 79.1 cm³/mol. The molecular formula is C15H27N3O3. The molecule has 0 amide bonds. The van der Waals surface area contributed by atoms with Gasteiger partial charge in [0, 0.05) is 51.2 Å². The zero-order valence-corrected chi connectivity index (χ0v) is 13.6. The Morgan fingerprint density at radius 3 is 2.62 bits per heavy atom. The number of rotatable bonds is 6. The van der Waals surface area contributed by atoms with Crippen molar-refractivity contribution in [1.29, 1.82) is 0 Å². The van der Waals surface area contributed by atoms with E-state index in [0.29, 0.717) is 31.5 Å². The van der Waals surface area contributed by atoms with Crippen LogP contribution >= 0.6 is 0 Å². The van der Waals surface area contributed by atoms with Gasteiger partial charge in [-0.1, -0.05) is 5.16 Å². The average Bonchev–Trinajstić information content (AvgIpc) is 2.88. The lowest BCUT2D eigenvalue weighted by Crippen LogP contribution is -2.38. The first kappa shape index (κ1) is 16.4.